The SMILES string of the molecule is CCOOC(=O)/C(C)=C\C(C)(C)CC. The van der Waals surface area contributed by atoms with Crippen LogP contribution in [0.25, 0.3) is 0 Å². The first-order valence-electron chi connectivity index (χ1n) is 4.96. The van der Waals surface area contributed by atoms with E-state index in [9.17, 15) is 4.79 Å². The van der Waals surface area contributed by atoms with Gasteiger partial charge in [0.25, 0.3) is 0 Å². The van der Waals surface area contributed by atoms with Gasteiger partial charge in [-0.3, -0.25) is 4.89 Å². The Morgan fingerprint density at radius 2 is 1.93 bits per heavy atom. The van der Waals surface area contributed by atoms with Gasteiger partial charge in [-0.15, -0.1) is 0 Å². The van der Waals surface area contributed by atoms with Gasteiger partial charge in [0.05, 0.1) is 6.61 Å². The Bertz CT molecular complexity index is 217. The topological polar surface area (TPSA) is 35.5 Å². The summed E-state index contributed by atoms with van der Waals surface area (Å²) in [7, 11) is 0. The van der Waals surface area contributed by atoms with Crippen molar-refractivity contribution < 1.29 is 14.6 Å². The van der Waals surface area contributed by atoms with Crippen LogP contribution >= 0.6 is 0 Å². The molecule has 0 unspecified atom stereocenters. The normalized spacial score (nSPS) is 12.8. The highest BCUT2D eigenvalue weighted by Crippen LogP contribution is 2.23. The Kier molecular flexibility index (Phi) is 5.46. The van der Waals surface area contributed by atoms with Gasteiger partial charge in [0.15, 0.2) is 0 Å². The summed E-state index contributed by atoms with van der Waals surface area (Å²) in [5.74, 6) is -0.409. The molecule has 0 aromatic rings. The fourth-order valence-electron chi connectivity index (χ4n) is 0.925. The van der Waals surface area contributed by atoms with Crippen LogP contribution in [-0.2, 0) is 14.6 Å². The number of rotatable bonds is 5. The number of allylic oxidation sites excluding steroid dienone is 1. The lowest BCUT2D eigenvalue weighted by atomic mass is 9.88. The van der Waals surface area contributed by atoms with Crippen LogP contribution in [-0.4, -0.2) is 12.6 Å². The zero-order valence-electron chi connectivity index (χ0n) is 9.72. The molecule has 0 N–H and O–H groups in total. The summed E-state index contributed by atoms with van der Waals surface area (Å²) >= 11 is 0. The smallest absolute Gasteiger partial charge is 0.293 e. The van der Waals surface area contributed by atoms with Crippen molar-refractivity contribution in [3.8, 4) is 0 Å². The number of carbonyl (C=O) groups excluding carboxylic acids is 1. The molecule has 0 saturated heterocycles. The van der Waals surface area contributed by atoms with E-state index in [1.165, 1.54) is 0 Å². The summed E-state index contributed by atoms with van der Waals surface area (Å²) in [6.45, 7) is 10.1. The summed E-state index contributed by atoms with van der Waals surface area (Å²) in [5, 5.41) is 0. The van der Waals surface area contributed by atoms with Crippen molar-refractivity contribution in [2.45, 2.75) is 41.0 Å². The lowest BCUT2D eigenvalue weighted by Gasteiger charge is -2.18. The van der Waals surface area contributed by atoms with E-state index >= 15 is 0 Å². The lowest BCUT2D eigenvalue weighted by molar-refractivity contribution is -0.265. The van der Waals surface area contributed by atoms with Crippen LogP contribution in [0.15, 0.2) is 11.6 Å². The van der Waals surface area contributed by atoms with E-state index in [2.05, 4.69) is 30.5 Å². The maximum absolute atomic E-state index is 11.3. The molecule has 0 saturated carbocycles. The predicted molar refractivity (Wildman–Crippen MR) is 55.5 cm³/mol. The Balaban J connectivity index is 4.30. The van der Waals surface area contributed by atoms with E-state index in [0.29, 0.717) is 12.2 Å². The molecule has 3 heteroatoms. The number of carbonyl (C=O) groups is 1. The molecule has 0 aliphatic carbocycles. The lowest BCUT2D eigenvalue weighted by Crippen LogP contribution is -2.12. The van der Waals surface area contributed by atoms with Gasteiger partial charge in [-0.05, 0) is 25.7 Å². The van der Waals surface area contributed by atoms with Gasteiger partial charge >= 0.3 is 5.97 Å². The van der Waals surface area contributed by atoms with E-state index in [1.807, 2.05) is 6.08 Å². The number of hydrogen-bond acceptors (Lipinski definition) is 3. The van der Waals surface area contributed by atoms with Crippen LogP contribution in [0.2, 0.25) is 0 Å². The zero-order valence-corrected chi connectivity index (χ0v) is 9.72. The second-order valence-electron chi connectivity index (χ2n) is 3.95. The average Bonchev–Trinajstić information content (AvgIpc) is 2.13. The third-order valence-corrected chi connectivity index (χ3v) is 2.09. The van der Waals surface area contributed by atoms with Gasteiger partial charge in [0, 0.05) is 5.57 Å². The van der Waals surface area contributed by atoms with Crippen LogP contribution < -0.4 is 0 Å². The van der Waals surface area contributed by atoms with Crippen LogP contribution in [0.4, 0.5) is 0 Å². The molecule has 0 aromatic heterocycles. The molecule has 0 spiro atoms. The Morgan fingerprint density at radius 1 is 1.36 bits per heavy atom. The monoisotopic (exact) mass is 200 g/mol. The van der Waals surface area contributed by atoms with Gasteiger partial charge in [0.1, 0.15) is 0 Å². The van der Waals surface area contributed by atoms with Gasteiger partial charge in [0.2, 0.25) is 0 Å². The Hall–Kier alpha value is -0.830. The molecule has 0 aromatic carbocycles. The molecule has 0 fully saturated rings. The van der Waals surface area contributed by atoms with Crippen molar-refractivity contribution in [3.05, 3.63) is 11.6 Å². The van der Waals surface area contributed by atoms with Gasteiger partial charge in [-0.2, -0.15) is 4.89 Å². The van der Waals surface area contributed by atoms with Crippen LogP contribution in [0.5, 0.6) is 0 Å². The van der Waals surface area contributed by atoms with E-state index in [4.69, 9.17) is 0 Å². The molecule has 0 amide bonds. The highest BCUT2D eigenvalue weighted by atomic mass is 17.2. The molecule has 3 nitrogen and oxygen atoms in total. The highest BCUT2D eigenvalue weighted by Gasteiger charge is 2.15. The van der Waals surface area contributed by atoms with Crippen molar-refractivity contribution in [1.29, 1.82) is 0 Å². The first-order chi connectivity index (χ1) is 6.43. The molecule has 0 radical (unpaired) electrons. The van der Waals surface area contributed by atoms with E-state index in [-0.39, 0.29) is 5.41 Å². The van der Waals surface area contributed by atoms with Crippen molar-refractivity contribution in [1.82, 2.24) is 0 Å². The van der Waals surface area contributed by atoms with Crippen LogP contribution in [0, 0.1) is 5.41 Å². The number of hydrogen-bond donors (Lipinski definition) is 0. The predicted octanol–water partition coefficient (Wildman–Crippen LogP) is 2.86. The van der Waals surface area contributed by atoms with Gasteiger partial charge in [-0.1, -0.05) is 26.8 Å². The minimum atomic E-state index is -0.409. The maximum Gasteiger partial charge on any atom is 0.368 e. The fraction of sp³-hybridized carbons (Fsp3) is 0.727. The molecule has 14 heavy (non-hydrogen) atoms. The van der Waals surface area contributed by atoms with E-state index in [0.717, 1.165) is 6.42 Å². The summed E-state index contributed by atoms with van der Waals surface area (Å²) in [6.07, 6.45) is 2.89. The molecule has 0 rings (SSSR count). The average molecular weight is 200 g/mol. The molecule has 0 aliphatic rings. The minimum Gasteiger partial charge on any atom is -0.293 e. The molecule has 0 heterocycles. The molecule has 82 valence electrons. The zero-order chi connectivity index (χ0) is 11.2. The van der Waals surface area contributed by atoms with E-state index in [1.54, 1.807) is 13.8 Å². The van der Waals surface area contributed by atoms with Gasteiger partial charge < -0.3 is 0 Å². The molecular weight excluding hydrogens is 180 g/mol. The summed E-state index contributed by atoms with van der Waals surface area (Å²) in [5.41, 5.74) is 0.611. The van der Waals surface area contributed by atoms with Crippen LogP contribution in [0.1, 0.15) is 41.0 Å². The van der Waals surface area contributed by atoms with Crippen LogP contribution in [0.3, 0.4) is 0 Å². The second kappa shape index (κ2) is 5.81. The van der Waals surface area contributed by atoms with Crippen molar-refractivity contribution in [2.24, 2.45) is 5.41 Å². The summed E-state index contributed by atoms with van der Waals surface area (Å²) < 4.78 is 0. The molecular formula is C11H20O3. The highest BCUT2D eigenvalue weighted by molar-refractivity contribution is 5.87. The van der Waals surface area contributed by atoms with Gasteiger partial charge in [-0.25, -0.2) is 4.79 Å². The third-order valence-electron chi connectivity index (χ3n) is 2.09. The third kappa shape index (κ3) is 5.02. The quantitative estimate of drug-likeness (QED) is 0.389. The first-order valence-corrected chi connectivity index (χ1v) is 4.96. The van der Waals surface area contributed by atoms with E-state index < -0.39 is 5.97 Å². The Labute approximate surface area is 86.0 Å². The summed E-state index contributed by atoms with van der Waals surface area (Å²) in [4.78, 5) is 20.4. The standard InChI is InChI=1S/C11H20O3/c1-6-11(4,5)8-9(3)10(12)14-13-7-2/h8H,6-7H2,1-5H3/b9-8-. The largest absolute Gasteiger partial charge is 0.368 e. The van der Waals surface area contributed by atoms with Crippen molar-refractivity contribution >= 4 is 5.97 Å². The molecule has 0 bridgehead atoms. The second-order valence-corrected chi connectivity index (χ2v) is 3.95. The van der Waals surface area contributed by atoms with Crippen molar-refractivity contribution in [3.63, 3.8) is 0 Å². The minimum absolute atomic E-state index is 0.0231. The fourth-order valence-corrected chi connectivity index (χ4v) is 0.925. The Morgan fingerprint density at radius 3 is 2.36 bits per heavy atom. The van der Waals surface area contributed by atoms with Crippen molar-refractivity contribution in [2.75, 3.05) is 6.61 Å². The molecule has 0 atom stereocenters. The molecule has 0 aliphatic heterocycles. The first kappa shape index (κ1) is 13.2. The maximum atomic E-state index is 11.3. The summed E-state index contributed by atoms with van der Waals surface area (Å²) in [6, 6.07) is 0.